The molecule has 1 N–H and O–H groups in total. The fourth-order valence-corrected chi connectivity index (χ4v) is 2.73. The zero-order valence-electron chi connectivity index (χ0n) is 12.4. The van der Waals surface area contributed by atoms with Crippen molar-refractivity contribution in [1.82, 2.24) is 4.90 Å². The Balaban J connectivity index is 1.78. The van der Waals surface area contributed by atoms with Crippen LogP contribution in [0.25, 0.3) is 0 Å². The summed E-state index contributed by atoms with van der Waals surface area (Å²) in [5.41, 5.74) is 1.11. The summed E-state index contributed by atoms with van der Waals surface area (Å²) in [6.07, 6.45) is 1.21. The predicted molar refractivity (Wildman–Crippen MR) is 76.2 cm³/mol. The summed E-state index contributed by atoms with van der Waals surface area (Å²) in [7, 11) is 1.81. The summed E-state index contributed by atoms with van der Waals surface area (Å²) in [5.74, 6) is -1.20. The van der Waals surface area contributed by atoms with Gasteiger partial charge in [-0.1, -0.05) is 30.3 Å². The molecule has 1 saturated heterocycles. The number of hydrogen-bond acceptors (Lipinski definition) is 3. The molecule has 0 atom stereocenters. The van der Waals surface area contributed by atoms with Gasteiger partial charge in [-0.25, -0.2) is 0 Å². The van der Waals surface area contributed by atoms with E-state index in [1.165, 1.54) is 0 Å². The lowest BCUT2D eigenvalue weighted by Crippen LogP contribution is -3.14. The van der Waals surface area contributed by atoms with E-state index in [0.29, 0.717) is 25.9 Å². The van der Waals surface area contributed by atoms with E-state index in [0.717, 1.165) is 23.6 Å². The molecular weight excluding hydrogens is 268 g/mol. The molecule has 0 aromatic heterocycles. The fraction of sp³-hybridized carbons (Fsp3) is 0.500. The number of carboxylic acid groups (broad SMARTS) is 1. The summed E-state index contributed by atoms with van der Waals surface area (Å²) < 4.78 is 0. The lowest BCUT2D eigenvalue weighted by atomic mass is 9.97. The molecule has 114 valence electrons. The normalized spacial score (nSPS) is 21.8. The van der Waals surface area contributed by atoms with Crippen LogP contribution in [0.4, 0.5) is 0 Å². The van der Waals surface area contributed by atoms with Crippen molar-refractivity contribution in [3.05, 3.63) is 35.9 Å². The van der Waals surface area contributed by atoms with Crippen molar-refractivity contribution >= 4 is 11.9 Å². The Bertz CT molecular complexity index is 482. The molecule has 21 heavy (non-hydrogen) atoms. The molecule has 5 heteroatoms. The fourth-order valence-electron chi connectivity index (χ4n) is 2.73. The number of likely N-dealkylation sites (tertiary alicyclic amines) is 1. The molecule has 0 unspecified atom stereocenters. The molecule has 1 aromatic carbocycles. The number of piperidine rings is 1. The van der Waals surface area contributed by atoms with E-state index >= 15 is 0 Å². The van der Waals surface area contributed by atoms with Gasteiger partial charge in [-0.05, 0) is 5.56 Å². The molecule has 5 nitrogen and oxygen atoms in total. The summed E-state index contributed by atoms with van der Waals surface area (Å²) in [4.78, 5) is 25.9. The summed E-state index contributed by atoms with van der Waals surface area (Å²) in [6.45, 7) is 2.49. The van der Waals surface area contributed by atoms with Gasteiger partial charge in [0.05, 0.1) is 13.1 Å². The van der Waals surface area contributed by atoms with E-state index in [1.54, 1.807) is 4.90 Å². The topological polar surface area (TPSA) is 64.9 Å². The monoisotopic (exact) mass is 290 g/mol. The quantitative estimate of drug-likeness (QED) is 0.732. The second kappa shape index (κ2) is 7.22. The largest absolute Gasteiger partial charge is 0.550 e. The molecule has 1 aromatic rings. The lowest BCUT2D eigenvalue weighted by Gasteiger charge is -2.30. The van der Waals surface area contributed by atoms with Gasteiger partial charge in [0.1, 0.15) is 0 Å². The Morgan fingerprint density at radius 1 is 1.24 bits per heavy atom. The van der Waals surface area contributed by atoms with Crippen LogP contribution in [0.15, 0.2) is 30.3 Å². The van der Waals surface area contributed by atoms with Crippen molar-refractivity contribution in [3.63, 3.8) is 0 Å². The number of carboxylic acids is 1. The van der Waals surface area contributed by atoms with E-state index in [1.807, 2.05) is 37.4 Å². The van der Waals surface area contributed by atoms with Gasteiger partial charge in [-0.15, -0.1) is 0 Å². The highest BCUT2D eigenvalue weighted by Gasteiger charge is 2.25. The van der Waals surface area contributed by atoms with Gasteiger partial charge in [0.15, 0.2) is 6.54 Å². The van der Waals surface area contributed by atoms with Crippen LogP contribution in [0, 0.1) is 5.92 Å². The maximum atomic E-state index is 12.2. The van der Waals surface area contributed by atoms with Crippen LogP contribution >= 0.6 is 0 Å². The Hall–Kier alpha value is -1.88. The van der Waals surface area contributed by atoms with Crippen molar-refractivity contribution in [2.75, 3.05) is 26.7 Å². The Morgan fingerprint density at radius 3 is 2.43 bits per heavy atom. The summed E-state index contributed by atoms with van der Waals surface area (Å²) in [6, 6.07) is 9.88. The number of quaternary nitrogens is 1. The molecule has 2 rings (SSSR count). The highest BCUT2D eigenvalue weighted by atomic mass is 16.4. The van der Waals surface area contributed by atoms with Crippen LogP contribution in [0.1, 0.15) is 18.4 Å². The van der Waals surface area contributed by atoms with Crippen molar-refractivity contribution < 1.29 is 19.6 Å². The number of benzene rings is 1. The first kappa shape index (κ1) is 15.5. The van der Waals surface area contributed by atoms with Crippen LogP contribution < -0.4 is 10.0 Å². The van der Waals surface area contributed by atoms with Crippen molar-refractivity contribution in [2.45, 2.75) is 19.4 Å². The lowest BCUT2D eigenvalue weighted by molar-refractivity contribution is -0.898. The number of hydrogen-bond donors (Lipinski definition) is 1. The molecule has 0 radical (unpaired) electrons. The van der Waals surface area contributed by atoms with Crippen molar-refractivity contribution in [1.29, 1.82) is 0 Å². The van der Waals surface area contributed by atoms with E-state index < -0.39 is 5.97 Å². The third-order valence-electron chi connectivity index (χ3n) is 4.12. The van der Waals surface area contributed by atoms with Gasteiger partial charge in [-0.2, -0.15) is 0 Å². The number of likely N-dealkylation sites (N-methyl/N-ethyl adjacent to an activating group) is 1. The number of nitrogens with zero attached hydrogens (tertiary/aromatic N) is 1. The van der Waals surface area contributed by atoms with Gasteiger partial charge >= 0.3 is 0 Å². The highest BCUT2D eigenvalue weighted by Crippen LogP contribution is 2.07. The van der Waals surface area contributed by atoms with E-state index in [9.17, 15) is 14.7 Å². The van der Waals surface area contributed by atoms with Crippen molar-refractivity contribution in [3.8, 4) is 0 Å². The first-order valence-electron chi connectivity index (χ1n) is 7.38. The first-order valence-corrected chi connectivity index (χ1v) is 7.38. The number of nitrogens with one attached hydrogen (secondary N) is 1. The third kappa shape index (κ3) is 4.56. The summed E-state index contributed by atoms with van der Waals surface area (Å²) in [5, 5.41) is 10.8. The van der Waals surface area contributed by atoms with Gasteiger partial charge in [-0.3, -0.25) is 4.79 Å². The number of carbonyl (C=O) groups excluding carboxylic acids is 2. The molecule has 1 fully saturated rings. The maximum absolute atomic E-state index is 12.2. The van der Waals surface area contributed by atoms with Crippen molar-refractivity contribution in [2.24, 2.45) is 5.92 Å². The molecular formula is C16H22N2O3. The van der Waals surface area contributed by atoms with Gasteiger partial charge in [0, 0.05) is 38.3 Å². The minimum Gasteiger partial charge on any atom is -0.550 e. The highest BCUT2D eigenvalue weighted by molar-refractivity contribution is 5.76. The third-order valence-corrected chi connectivity index (χ3v) is 4.12. The van der Waals surface area contributed by atoms with Gasteiger partial charge in [0.2, 0.25) is 0 Å². The molecule has 1 amide bonds. The molecule has 0 saturated carbocycles. The average Bonchev–Trinajstić information content (AvgIpc) is 2.48. The summed E-state index contributed by atoms with van der Waals surface area (Å²) >= 11 is 0. The second-order valence-electron chi connectivity index (χ2n) is 5.76. The molecule has 0 spiro atoms. The van der Waals surface area contributed by atoms with Gasteiger partial charge in [0.25, 0.3) is 5.91 Å². The smallest absolute Gasteiger partial charge is 0.277 e. The number of carbonyl (C=O) groups is 2. The minimum atomic E-state index is -0.957. The number of aliphatic carboxylic acids is 1. The SMILES string of the molecule is CN(Cc1ccccc1)C(=O)C[NH+]1CCC(C(=O)[O-])CC1. The minimum absolute atomic E-state index is 0.0979. The van der Waals surface area contributed by atoms with Crippen LogP contribution in [-0.2, 0) is 16.1 Å². The van der Waals surface area contributed by atoms with Crippen LogP contribution in [0.2, 0.25) is 0 Å². The predicted octanol–water partition coefficient (Wildman–Crippen LogP) is -1.31. The zero-order chi connectivity index (χ0) is 15.2. The Labute approximate surface area is 125 Å². The average molecular weight is 290 g/mol. The van der Waals surface area contributed by atoms with E-state index in [-0.39, 0.29) is 11.8 Å². The molecule has 0 bridgehead atoms. The molecule has 1 heterocycles. The van der Waals surface area contributed by atoms with Crippen LogP contribution in [0.3, 0.4) is 0 Å². The standard InChI is InChI=1S/C16H22N2O3/c1-17(11-13-5-3-2-4-6-13)15(19)12-18-9-7-14(8-10-18)16(20)21/h2-6,14H,7-12H2,1H3,(H,20,21). The Kier molecular flexibility index (Phi) is 5.33. The molecule has 0 aliphatic carbocycles. The van der Waals surface area contributed by atoms with E-state index in [2.05, 4.69) is 0 Å². The first-order chi connectivity index (χ1) is 10.1. The number of rotatable bonds is 5. The van der Waals surface area contributed by atoms with Gasteiger partial charge < -0.3 is 19.7 Å². The Morgan fingerprint density at radius 2 is 1.86 bits per heavy atom. The van der Waals surface area contributed by atoms with Crippen LogP contribution in [0.5, 0.6) is 0 Å². The molecule has 1 aliphatic heterocycles. The maximum Gasteiger partial charge on any atom is 0.277 e. The number of amides is 1. The van der Waals surface area contributed by atoms with Crippen LogP contribution in [-0.4, -0.2) is 43.5 Å². The zero-order valence-corrected chi connectivity index (χ0v) is 12.4. The van der Waals surface area contributed by atoms with E-state index in [4.69, 9.17) is 0 Å². The second-order valence-corrected chi connectivity index (χ2v) is 5.76. The molecule has 1 aliphatic rings.